The van der Waals surface area contributed by atoms with Gasteiger partial charge in [0, 0.05) is 17.8 Å². The monoisotopic (exact) mass is 384 g/mol. The lowest BCUT2D eigenvalue weighted by Gasteiger charge is -2.14. The first-order chi connectivity index (χ1) is 13.3. The van der Waals surface area contributed by atoms with E-state index in [1.54, 1.807) is 36.8 Å². The van der Waals surface area contributed by atoms with Gasteiger partial charge in [-0.1, -0.05) is 0 Å². The van der Waals surface area contributed by atoms with Crippen LogP contribution < -0.4 is 10.1 Å². The van der Waals surface area contributed by atoms with E-state index in [-0.39, 0.29) is 17.6 Å². The quantitative estimate of drug-likeness (QED) is 0.681. The summed E-state index contributed by atoms with van der Waals surface area (Å²) in [6.45, 7) is 5.48. The molecule has 28 heavy (non-hydrogen) atoms. The Kier molecular flexibility index (Phi) is 5.49. The Labute approximate surface area is 162 Å². The molecule has 0 atom stereocenters. The number of ether oxygens (including phenoxy) is 1. The number of carbonyl (C=O) groups excluding carboxylic acids is 1. The van der Waals surface area contributed by atoms with Crippen LogP contribution in [0.4, 0.5) is 8.78 Å². The summed E-state index contributed by atoms with van der Waals surface area (Å²) in [4.78, 5) is 12.6. The molecule has 4 nitrogen and oxygen atoms in total. The summed E-state index contributed by atoms with van der Waals surface area (Å²) < 4.78 is 34.8. The zero-order valence-electron chi connectivity index (χ0n) is 16.2. The predicted molar refractivity (Wildman–Crippen MR) is 105 cm³/mol. The van der Waals surface area contributed by atoms with Crippen molar-refractivity contribution in [1.29, 1.82) is 0 Å². The largest absolute Gasteiger partial charge is 0.497 e. The van der Waals surface area contributed by atoms with Crippen LogP contribution in [0.2, 0.25) is 0 Å². The molecule has 3 aromatic rings. The molecule has 0 aliphatic carbocycles. The maximum absolute atomic E-state index is 14.6. The highest BCUT2D eigenvalue weighted by atomic mass is 19.1. The first-order valence-corrected chi connectivity index (χ1v) is 8.95. The van der Waals surface area contributed by atoms with Crippen LogP contribution in [0.5, 0.6) is 5.75 Å². The van der Waals surface area contributed by atoms with Gasteiger partial charge in [-0.25, -0.2) is 8.78 Å². The van der Waals surface area contributed by atoms with E-state index >= 15 is 0 Å². The molecule has 0 radical (unpaired) electrons. The van der Waals surface area contributed by atoms with E-state index in [1.165, 1.54) is 12.1 Å². The molecule has 2 aromatic carbocycles. The normalized spacial score (nSPS) is 11.0. The molecule has 0 saturated carbocycles. The van der Waals surface area contributed by atoms with Crippen LogP contribution in [0.1, 0.15) is 29.9 Å². The minimum atomic E-state index is -0.704. The summed E-state index contributed by atoms with van der Waals surface area (Å²) in [5, 5.41) is 2.86. The highest BCUT2D eigenvalue weighted by Gasteiger charge is 2.22. The predicted octanol–water partition coefficient (Wildman–Crippen LogP) is 4.88. The number of aromatic nitrogens is 1. The van der Waals surface area contributed by atoms with Crippen LogP contribution in [0.25, 0.3) is 16.9 Å². The number of carbonyl (C=O) groups is 1. The molecule has 1 aromatic heterocycles. The van der Waals surface area contributed by atoms with Gasteiger partial charge >= 0.3 is 0 Å². The van der Waals surface area contributed by atoms with Gasteiger partial charge in [-0.3, -0.25) is 4.79 Å². The lowest BCUT2D eigenvalue weighted by atomic mass is 10.1. The number of benzene rings is 2. The third kappa shape index (κ3) is 3.76. The van der Waals surface area contributed by atoms with Gasteiger partial charge in [0.15, 0.2) is 0 Å². The van der Waals surface area contributed by atoms with Gasteiger partial charge in [-0.05, 0) is 68.8 Å². The van der Waals surface area contributed by atoms with Gasteiger partial charge < -0.3 is 14.6 Å². The van der Waals surface area contributed by atoms with Crippen LogP contribution in [-0.4, -0.2) is 23.6 Å². The summed E-state index contributed by atoms with van der Waals surface area (Å²) in [5.41, 5.74) is 2.57. The smallest absolute Gasteiger partial charge is 0.253 e. The number of amides is 1. The molecule has 0 fully saturated rings. The number of hydrogen-bond acceptors (Lipinski definition) is 2. The zero-order chi connectivity index (χ0) is 20.4. The van der Waals surface area contributed by atoms with E-state index < -0.39 is 11.6 Å². The number of nitrogens with zero attached hydrogens (tertiary/aromatic N) is 1. The highest BCUT2D eigenvalue weighted by Crippen LogP contribution is 2.32. The third-order valence-corrected chi connectivity index (χ3v) is 4.45. The topological polar surface area (TPSA) is 43.3 Å². The Balaban J connectivity index is 2.22. The van der Waals surface area contributed by atoms with Gasteiger partial charge in [-0.15, -0.1) is 0 Å². The second kappa shape index (κ2) is 7.84. The van der Waals surface area contributed by atoms with E-state index in [4.69, 9.17) is 4.74 Å². The molecular weight excluding hydrogens is 362 g/mol. The number of hydrogen-bond donors (Lipinski definition) is 1. The van der Waals surface area contributed by atoms with E-state index in [0.717, 1.165) is 11.6 Å². The van der Waals surface area contributed by atoms with Crippen LogP contribution in [0.15, 0.2) is 48.5 Å². The summed E-state index contributed by atoms with van der Waals surface area (Å²) in [6, 6.07) is 12.3. The van der Waals surface area contributed by atoms with Crippen molar-refractivity contribution in [2.24, 2.45) is 0 Å². The van der Waals surface area contributed by atoms with Crippen molar-refractivity contribution in [2.45, 2.75) is 26.8 Å². The molecule has 0 saturated heterocycles. The Hall–Kier alpha value is -3.15. The van der Waals surface area contributed by atoms with E-state index in [1.807, 2.05) is 26.0 Å². The number of nitrogens with one attached hydrogen (secondary N) is 1. The first kappa shape index (κ1) is 19.6. The van der Waals surface area contributed by atoms with E-state index in [2.05, 4.69) is 5.32 Å². The van der Waals surface area contributed by atoms with Crippen molar-refractivity contribution >= 4 is 5.91 Å². The number of rotatable bonds is 5. The summed E-state index contributed by atoms with van der Waals surface area (Å²) in [5.74, 6) is -0.924. The van der Waals surface area contributed by atoms with E-state index in [9.17, 15) is 13.6 Å². The molecule has 6 heteroatoms. The summed E-state index contributed by atoms with van der Waals surface area (Å²) in [7, 11) is 1.57. The fourth-order valence-electron chi connectivity index (χ4n) is 3.12. The second-order valence-corrected chi connectivity index (χ2v) is 6.82. The minimum absolute atomic E-state index is 0.0396. The molecule has 0 unspecified atom stereocenters. The molecule has 0 bridgehead atoms. The van der Waals surface area contributed by atoms with Crippen molar-refractivity contribution in [3.63, 3.8) is 0 Å². The lowest BCUT2D eigenvalue weighted by molar-refractivity contribution is 0.0942. The average Bonchev–Trinajstić information content (AvgIpc) is 2.98. The van der Waals surface area contributed by atoms with Crippen LogP contribution in [0.3, 0.4) is 0 Å². The SMILES string of the molecule is COc1ccc(-c2cc(C(=O)NC(C)C)c(C)n2-c2ccc(F)cc2F)cc1. The molecule has 1 N–H and O–H groups in total. The molecule has 1 heterocycles. The molecule has 1 amide bonds. The Bertz CT molecular complexity index is 1010. The van der Waals surface area contributed by atoms with Crippen molar-refractivity contribution in [3.05, 3.63) is 71.4 Å². The molecule has 0 aliphatic rings. The third-order valence-electron chi connectivity index (χ3n) is 4.45. The lowest BCUT2D eigenvalue weighted by Crippen LogP contribution is -2.30. The van der Waals surface area contributed by atoms with Gasteiger partial charge in [0.2, 0.25) is 0 Å². The van der Waals surface area contributed by atoms with Crippen LogP contribution in [0, 0.1) is 18.6 Å². The van der Waals surface area contributed by atoms with Gasteiger partial charge in [0.25, 0.3) is 5.91 Å². The zero-order valence-corrected chi connectivity index (χ0v) is 16.2. The van der Waals surface area contributed by atoms with Crippen molar-refractivity contribution < 1.29 is 18.3 Å². The Morgan fingerprint density at radius 2 is 1.75 bits per heavy atom. The molecule has 146 valence electrons. The Morgan fingerprint density at radius 1 is 1.07 bits per heavy atom. The second-order valence-electron chi connectivity index (χ2n) is 6.82. The average molecular weight is 384 g/mol. The van der Waals surface area contributed by atoms with E-state index in [0.29, 0.717) is 22.7 Å². The first-order valence-electron chi connectivity index (χ1n) is 8.95. The fourth-order valence-corrected chi connectivity index (χ4v) is 3.12. The summed E-state index contributed by atoms with van der Waals surface area (Å²) >= 11 is 0. The van der Waals surface area contributed by atoms with Crippen molar-refractivity contribution in [2.75, 3.05) is 7.11 Å². The van der Waals surface area contributed by atoms with Crippen LogP contribution in [-0.2, 0) is 0 Å². The number of methoxy groups -OCH3 is 1. The molecule has 3 rings (SSSR count). The molecule has 0 aliphatic heterocycles. The maximum atomic E-state index is 14.6. The Morgan fingerprint density at radius 3 is 2.32 bits per heavy atom. The van der Waals surface area contributed by atoms with Gasteiger partial charge in [-0.2, -0.15) is 0 Å². The van der Waals surface area contributed by atoms with Crippen LogP contribution >= 0.6 is 0 Å². The van der Waals surface area contributed by atoms with Gasteiger partial charge in [0.1, 0.15) is 17.4 Å². The maximum Gasteiger partial charge on any atom is 0.253 e. The molecular formula is C22H22F2N2O2. The van der Waals surface area contributed by atoms with Gasteiger partial charge in [0.05, 0.1) is 24.1 Å². The standard InChI is InChI=1S/C22H22F2N2O2/c1-13(2)25-22(27)18-12-21(15-5-8-17(28-4)9-6-15)26(14(18)3)20-10-7-16(23)11-19(20)24/h5-13H,1-4H3,(H,25,27). The number of halogens is 2. The minimum Gasteiger partial charge on any atom is -0.497 e. The van der Waals surface area contributed by atoms with Crippen molar-refractivity contribution in [1.82, 2.24) is 9.88 Å². The van der Waals surface area contributed by atoms with Crippen molar-refractivity contribution in [3.8, 4) is 22.7 Å². The molecule has 0 spiro atoms. The fraction of sp³-hybridized carbons (Fsp3) is 0.227. The highest BCUT2D eigenvalue weighted by molar-refractivity contribution is 5.97. The summed E-state index contributed by atoms with van der Waals surface area (Å²) in [6.07, 6.45) is 0.